The van der Waals surface area contributed by atoms with E-state index in [4.69, 9.17) is 4.98 Å². The SMILES string of the molecule is Cc1cc(C)c(CNC(=O)c2cc(-c3ccc(C(=O)NCCN(C)C)cc3)nc3c2cnn3C(C)C)c(=O)[nH]1. The largest absolute Gasteiger partial charge is 0.351 e. The molecule has 4 aromatic rings. The van der Waals surface area contributed by atoms with Crippen molar-refractivity contribution in [3.63, 3.8) is 0 Å². The van der Waals surface area contributed by atoms with Gasteiger partial charge in [-0.3, -0.25) is 14.4 Å². The number of hydrogen-bond acceptors (Lipinski definition) is 6. The molecule has 0 saturated heterocycles. The van der Waals surface area contributed by atoms with Crippen LogP contribution in [0.4, 0.5) is 0 Å². The number of carbonyl (C=O) groups is 2. The number of hydrogen-bond donors (Lipinski definition) is 3. The second-order valence-corrected chi connectivity index (χ2v) is 10.2. The normalized spacial score (nSPS) is 11.4. The number of fused-ring (bicyclic) bond motifs is 1. The summed E-state index contributed by atoms with van der Waals surface area (Å²) in [5, 5.41) is 10.9. The van der Waals surface area contributed by atoms with Gasteiger partial charge in [-0.05, 0) is 71.6 Å². The van der Waals surface area contributed by atoms with E-state index in [-0.39, 0.29) is 30.0 Å². The molecule has 0 fully saturated rings. The molecule has 3 aromatic heterocycles. The Kier molecular flexibility index (Phi) is 8.25. The van der Waals surface area contributed by atoms with E-state index in [1.54, 1.807) is 29.1 Å². The van der Waals surface area contributed by atoms with Crippen LogP contribution >= 0.6 is 0 Å². The van der Waals surface area contributed by atoms with E-state index < -0.39 is 0 Å². The minimum absolute atomic E-state index is 0.0307. The molecule has 0 aliphatic rings. The van der Waals surface area contributed by atoms with Crippen molar-refractivity contribution in [1.29, 1.82) is 0 Å². The van der Waals surface area contributed by atoms with Gasteiger partial charge in [-0.2, -0.15) is 5.10 Å². The van der Waals surface area contributed by atoms with Crippen molar-refractivity contribution >= 4 is 22.8 Å². The van der Waals surface area contributed by atoms with Gasteiger partial charge >= 0.3 is 0 Å². The van der Waals surface area contributed by atoms with E-state index in [1.807, 2.05) is 64.9 Å². The maximum absolute atomic E-state index is 13.4. The Balaban J connectivity index is 1.65. The predicted octanol–water partition coefficient (Wildman–Crippen LogP) is 3.21. The molecule has 0 saturated carbocycles. The molecule has 0 spiro atoms. The van der Waals surface area contributed by atoms with Gasteiger partial charge in [0.2, 0.25) is 0 Å². The quantitative estimate of drug-likeness (QED) is 0.306. The van der Waals surface area contributed by atoms with Gasteiger partial charge in [0.15, 0.2) is 5.65 Å². The van der Waals surface area contributed by atoms with Crippen molar-refractivity contribution in [1.82, 2.24) is 35.3 Å². The van der Waals surface area contributed by atoms with Crippen molar-refractivity contribution in [2.24, 2.45) is 0 Å². The summed E-state index contributed by atoms with van der Waals surface area (Å²) in [6.45, 7) is 9.06. The van der Waals surface area contributed by atoms with Crippen molar-refractivity contribution < 1.29 is 9.59 Å². The van der Waals surface area contributed by atoms with Gasteiger partial charge in [-0.25, -0.2) is 9.67 Å². The van der Waals surface area contributed by atoms with Crippen molar-refractivity contribution in [2.45, 2.75) is 40.3 Å². The summed E-state index contributed by atoms with van der Waals surface area (Å²) >= 11 is 0. The molecule has 10 heteroatoms. The third-order valence-electron chi connectivity index (χ3n) is 6.51. The number of amides is 2. The zero-order chi connectivity index (χ0) is 28.3. The van der Waals surface area contributed by atoms with E-state index in [9.17, 15) is 14.4 Å². The Morgan fingerprint density at radius 3 is 2.41 bits per heavy atom. The minimum atomic E-state index is -0.330. The molecule has 4 rings (SSSR count). The van der Waals surface area contributed by atoms with E-state index in [1.165, 1.54) is 0 Å². The average molecular weight is 530 g/mol. The lowest BCUT2D eigenvalue weighted by Gasteiger charge is -2.12. The molecule has 2 amide bonds. The zero-order valence-electron chi connectivity index (χ0n) is 23.3. The number of carbonyl (C=O) groups excluding carboxylic acids is 2. The topological polar surface area (TPSA) is 125 Å². The number of aryl methyl sites for hydroxylation is 2. The third kappa shape index (κ3) is 6.23. The molecule has 204 valence electrons. The molecule has 0 bridgehead atoms. The molecule has 0 atom stereocenters. The highest BCUT2D eigenvalue weighted by atomic mass is 16.2. The Hall–Kier alpha value is -4.31. The summed E-state index contributed by atoms with van der Waals surface area (Å²) in [7, 11) is 3.90. The Morgan fingerprint density at radius 2 is 1.77 bits per heavy atom. The number of nitrogens with one attached hydrogen (secondary N) is 3. The third-order valence-corrected chi connectivity index (χ3v) is 6.51. The Morgan fingerprint density at radius 1 is 1.05 bits per heavy atom. The maximum Gasteiger partial charge on any atom is 0.253 e. The first-order chi connectivity index (χ1) is 18.5. The van der Waals surface area contributed by atoms with E-state index >= 15 is 0 Å². The standard InChI is InChI=1S/C29H35N7O3/c1-17(2)36-26-24(16-32-36)22(28(38)31-15-23-18(3)13-19(4)33-29(23)39)14-25(34-26)20-7-9-21(10-8-20)27(37)30-11-12-35(5)6/h7-10,13-14,16-17H,11-12,15H2,1-6H3,(H,30,37)(H,31,38)(H,33,39). The summed E-state index contributed by atoms with van der Waals surface area (Å²) in [6, 6.07) is 10.8. The van der Waals surface area contributed by atoms with Crippen LogP contribution in [0, 0.1) is 13.8 Å². The van der Waals surface area contributed by atoms with E-state index in [0.717, 1.165) is 23.4 Å². The van der Waals surface area contributed by atoms with Crippen LogP contribution in [0.25, 0.3) is 22.3 Å². The van der Waals surface area contributed by atoms with Crippen LogP contribution in [0.3, 0.4) is 0 Å². The number of benzene rings is 1. The first-order valence-corrected chi connectivity index (χ1v) is 12.9. The van der Waals surface area contributed by atoms with Gasteiger partial charge in [-0.1, -0.05) is 12.1 Å². The molecule has 39 heavy (non-hydrogen) atoms. The number of likely N-dealkylation sites (N-methyl/N-ethyl adjacent to an activating group) is 1. The molecule has 0 unspecified atom stereocenters. The number of rotatable bonds is 9. The summed E-state index contributed by atoms with van der Waals surface area (Å²) in [4.78, 5) is 48.0. The first kappa shape index (κ1) is 27.7. The molecule has 1 aromatic carbocycles. The van der Waals surface area contributed by atoms with Gasteiger partial charge in [-0.15, -0.1) is 0 Å². The number of nitrogens with zero attached hydrogens (tertiary/aromatic N) is 4. The van der Waals surface area contributed by atoms with Gasteiger partial charge in [0, 0.05) is 48.1 Å². The van der Waals surface area contributed by atoms with Crippen LogP contribution in [-0.4, -0.2) is 63.6 Å². The van der Waals surface area contributed by atoms with Crippen LogP contribution in [0.1, 0.15) is 57.4 Å². The molecule has 0 aliphatic heterocycles. The smallest absolute Gasteiger partial charge is 0.253 e. The Labute approximate surface area is 227 Å². The van der Waals surface area contributed by atoms with Gasteiger partial charge in [0.05, 0.1) is 22.8 Å². The number of H-pyrrole nitrogens is 1. The molecule has 0 radical (unpaired) electrons. The zero-order valence-corrected chi connectivity index (χ0v) is 23.3. The fourth-order valence-corrected chi connectivity index (χ4v) is 4.38. The molecule has 0 aliphatic carbocycles. The fraction of sp³-hybridized carbons (Fsp3) is 0.345. The molecule has 10 nitrogen and oxygen atoms in total. The predicted molar refractivity (Wildman–Crippen MR) is 152 cm³/mol. The number of pyridine rings is 2. The molecular weight excluding hydrogens is 494 g/mol. The van der Waals surface area contributed by atoms with Crippen LogP contribution < -0.4 is 16.2 Å². The van der Waals surface area contributed by atoms with Gasteiger partial charge in [0.25, 0.3) is 17.4 Å². The van der Waals surface area contributed by atoms with Crippen molar-refractivity contribution in [2.75, 3.05) is 27.2 Å². The lowest BCUT2D eigenvalue weighted by molar-refractivity contribution is 0.0943. The summed E-state index contributed by atoms with van der Waals surface area (Å²) < 4.78 is 1.77. The summed E-state index contributed by atoms with van der Waals surface area (Å²) in [6.07, 6.45) is 1.64. The monoisotopic (exact) mass is 529 g/mol. The number of aromatic amines is 1. The molecule has 3 N–H and O–H groups in total. The average Bonchev–Trinajstić information content (AvgIpc) is 3.31. The van der Waals surface area contributed by atoms with E-state index in [0.29, 0.717) is 40.0 Å². The van der Waals surface area contributed by atoms with Crippen molar-refractivity contribution in [3.05, 3.63) is 80.9 Å². The lowest BCUT2D eigenvalue weighted by Crippen LogP contribution is -2.31. The highest BCUT2D eigenvalue weighted by Crippen LogP contribution is 2.27. The molecule has 3 heterocycles. The second kappa shape index (κ2) is 11.6. The summed E-state index contributed by atoms with van der Waals surface area (Å²) in [5.41, 5.74) is 4.76. The van der Waals surface area contributed by atoms with Crippen LogP contribution in [-0.2, 0) is 6.54 Å². The first-order valence-electron chi connectivity index (χ1n) is 12.9. The van der Waals surface area contributed by atoms with Gasteiger partial charge < -0.3 is 20.5 Å². The minimum Gasteiger partial charge on any atom is -0.351 e. The lowest BCUT2D eigenvalue weighted by atomic mass is 10.0. The number of aromatic nitrogens is 4. The molecular formula is C29H35N7O3. The van der Waals surface area contributed by atoms with E-state index in [2.05, 4.69) is 20.7 Å². The van der Waals surface area contributed by atoms with Gasteiger partial charge in [0.1, 0.15) is 0 Å². The fourth-order valence-electron chi connectivity index (χ4n) is 4.38. The van der Waals surface area contributed by atoms with Crippen LogP contribution in [0.2, 0.25) is 0 Å². The Bertz CT molecular complexity index is 1570. The highest BCUT2D eigenvalue weighted by Gasteiger charge is 2.19. The van der Waals surface area contributed by atoms with Crippen LogP contribution in [0.15, 0.2) is 47.4 Å². The van der Waals surface area contributed by atoms with Crippen LogP contribution in [0.5, 0.6) is 0 Å². The second-order valence-electron chi connectivity index (χ2n) is 10.2. The summed E-state index contributed by atoms with van der Waals surface area (Å²) in [5.74, 6) is -0.477. The highest BCUT2D eigenvalue weighted by molar-refractivity contribution is 6.06. The van der Waals surface area contributed by atoms with Crippen molar-refractivity contribution in [3.8, 4) is 11.3 Å². The maximum atomic E-state index is 13.4.